The van der Waals surface area contributed by atoms with Gasteiger partial charge in [-0.3, -0.25) is 0 Å². The Morgan fingerprint density at radius 2 is 2.30 bits per heavy atom. The van der Waals surface area contributed by atoms with Crippen LogP contribution in [0.1, 0.15) is 12.0 Å². The molecule has 0 aliphatic heterocycles. The van der Waals surface area contributed by atoms with Gasteiger partial charge in [-0.15, -0.1) is 11.3 Å². The van der Waals surface area contributed by atoms with E-state index in [-0.39, 0.29) is 6.29 Å². The maximum absolute atomic E-state index is 4.95. The van der Waals surface area contributed by atoms with E-state index >= 15 is 0 Å². The molecule has 1 aromatic heterocycles. The van der Waals surface area contributed by atoms with Crippen LogP contribution in [0.15, 0.2) is 5.38 Å². The zero-order chi connectivity index (χ0) is 7.40. The van der Waals surface area contributed by atoms with Crippen molar-refractivity contribution in [3.05, 3.63) is 16.6 Å². The maximum atomic E-state index is 4.95. The van der Waals surface area contributed by atoms with Crippen LogP contribution in [-0.4, -0.2) is 19.2 Å². The molecule has 10 heavy (non-hydrogen) atoms. The highest BCUT2D eigenvalue weighted by Crippen LogP contribution is 2.15. The van der Waals surface area contributed by atoms with E-state index in [1.54, 1.807) is 14.2 Å². The summed E-state index contributed by atoms with van der Waals surface area (Å²) in [6, 6.07) is 0. The molecule has 55 valence electrons. The van der Waals surface area contributed by atoms with Crippen LogP contribution >= 0.6 is 11.3 Å². The van der Waals surface area contributed by atoms with Crippen molar-refractivity contribution in [2.45, 2.75) is 6.29 Å². The first kappa shape index (κ1) is 7.65. The molecule has 0 spiro atoms. The van der Waals surface area contributed by atoms with Crippen molar-refractivity contribution in [2.24, 2.45) is 0 Å². The Labute approximate surface area is 63.6 Å². The molecule has 0 aliphatic carbocycles. The smallest absolute Gasteiger partial charge is 0.201 e. The Kier molecular flexibility index (Phi) is 2.80. The highest BCUT2D eigenvalue weighted by Gasteiger charge is 2.09. The fourth-order valence-corrected chi connectivity index (χ4v) is 1.13. The summed E-state index contributed by atoms with van der Waals surface area (Å²) in [6.45, 7) is 0. The first-order valence-electron chi connectivity index (χ1n) is 2.75. The Morgan fingerprint density at radius 1 is 1.60 bits per heavy atom. The van der Waals surface area contributed by atoms with E-state index in [4.69, 9.17) is 9.47 Å². The summed E-state index contributed by atoms with van der Waals surface area (Å²) < 4.78 is 9.89. The quantitative estimate of drug-likeness (QED) is 0.620. The maximum Gasteiger partial charge on any atom is 0.201 e. The monoisotopic (exact) mass is 158 g/mol. The molecule has 0 unspecified atom stereocenters. The first-order chi connectivity index (χ1) is 4.88. The van der Waals surface area contributed by atoms with Crippen LogP contribution in [0.5, 0.6) is 0 Å². The van der Waals surface area contributed by atoms with E-state index < -0.39 is 0 Å². The molecule has 0 aromatic carbocycles. The van der Waals surface area contributed by atoms with Gasteiger partial charge in [0.2, 0.25) is 6.29 Å². The summed E-state index contributed by atoms with van der Waals surface area (Å²) in [5.41, 5.74) is 3.48. The second kappa shape index (κ2) is 3.65. The third-order valence-electron chi connectivity index (χ3n) is 1.08. The molecular weight excluding hydrogens is 150 g/mol. The summed E-state index contributed by atoms with van der Waals surface area (Å²) in [5.74, 6) is 0. The van der Waals surface area contributed by atoms with Crippen molar-refractivity contribution in [1.82, 2.24) is 4.98 Å². The Hall–Kier alpha value is -0.450. The molecule has 0 saturated heterocycles. The van der Waals surface area contributed by atoms with E-state index in [9.17, 15) is 0 Å². The highest BCUT2D eigenvalue weighted by atomic mass is 32.1. The third-order valence-corrected chi connectivity index (χ3v) is 1.63. The molecule has 1 heterocycles. The molecule has 1 aromatic rings. The van der Waals surface area contributed by atoms with Crippen LogP contribution in [0.2, 0.25) is 0 Å². The number of rotatable bonds is 3. The standard InChI is InChI=1S/C6H8NO2S/c1-8-6(9-2)5-3-10-4-7-5/h3,6H,1-2H3. The lowest BCUT2D eigenvalue weighted by molar-refractivity contribution is -0.108. The van der Waals surface area contributed by atoms with Gasteiger partial charge in [0, 0.05) is 19.6 Å². The topological polar surface area (TPSA) is 31.4 Å². The van der Waals surface area contributed by atoms with Crippen LogP contribution < -0.4 is 0 Å². The molecule has 3 nitrogen and oxygen atoms in total. The lowest BCUT2D eigenvalue weighted by Crippen LogP contribution is -2.03. The van der Waals surface area contributed by atoms with Crippen molar-refractivity contribution in [1.29, 1.82) is 0 Å². The van der Waals surface area contributed by atoms with Gasteiger partial charge in [-0.1, -0.05) is 0 Å². The molecule has 0 amide bonds. The van der Waals surface area contributed by atoms with Crippen molar-refractivity contribution in [2.75, 3.05) is 14.2 Å². The predicted molar refractivity (Wildman–Crippen MR) is 37.7 cm³/mol. The van der Waals surface area contributed by atoms with Crippen LogP contribution in [0.25, 0.3) is 0 Å². The normalized spacial score (nSPS) is 10.7. The number of thiazole rings is 1. The molecule has 0 bridgehead atoms. The van der Waals surface area contributed by atoms with E-state index in [0.717, 1.165) is 5.69 Å². The molecule has 1 radical (unpaired) electrons. The van der Waals surface area contributed by atoms with E-state index in [0.29, 0.717) is 0 Å². The Bertz CT molecular complexity index is 172. The minimum Gasteiger partial charge on any atom is -0.350 e. The van der Waals surface area contributed by atoms with Crippen molar-refractivity contribution < 1.29 is 9.47 Å². The molecule has 0 aliphatic rings. The largest absolute Gasteiger partial charge is 0.350 e. The van der Waals surface area contributed by atoms with Gasteiger partial charge in [-0.25, -0.2) is 4.98 Å². The minimum atomic E-state index is -0.345. The number of ether oxygens (including phenoxy) is 2. The van der Waals surface area contributed by atoms with Gasteiger partial charge in [0.1, 0.15) is 5.69 Å². The van der Waals surface area contributed by atoms with Gasteiger partial charge in [0.15, 0.2) is 5.51 Å². The first-order valence-corrected chi connectivity index (χ1v) is 3.63. The number of methoxy groups -OCH3 is 2. The van der Waals surface area contributed by atoms with Crippen molar-refractivity contribution >= 4 is 11.3 Å². The second-order valence-electron chi connectivity index (χ2n) is 1.67. The van der Waals surface area contributed by atoms with Crippen LogP contribution in [-0.2, 0) is 9.47 Å². The molecule has 0 fully saturated rings. The summed E-state index contributed by atoms with van der Waals surface area (Å²) >= 11 is 1.40. The number of hydrogen-bond acceptors (Lipinski definition) is 4. The summed E-state index contributed by atoms with van der Waals surface area (Å²) in [7, 11) is 3.15. The van der Waals surface area contributed by atoms with Gasteiger partial charge < -0.3 is 9.47 Å². The minimum absolute atomic E-state index is 0.345. The number of hydrogen-bond donors (Lipinski definition) is 0. The van der Waals surface area contributed by atoms with Crippen molar-refractivity contribution in [3.8, 4) is 0 Å². The zero-order valence-corrected chi connectivity index (χ0v) is 6.64. The van der Waals surface area contributed by atoms with Crippen molar-refractivity contribution in [3.63, 3.8) is 0 Å². The molecular formula is C6H8NO2S. The zero-order valence-electron chi connectivity index (χ0n) is 5.83. The number of aromatic nitrogens is 1. The predicted octanol–water partition coefficient (Wildman–Crippen LogP) is 1.23. The third kappa shape index (κ3) is 1.53. The Morgan fingerprint density at radius 3 is 2.70 bits per heavy atom. The summed E-state index contributed by atoms with van der Waals surface area (Å²) in [5, 5.41) is 1.84. The summed E-state index contributed by atoms with van der Waals surface area (Å²) in [4.78, 5) is 3.90. The van der Waals surface area contributed by atoms with Crippen LogP contribution in [0, 0.1) is 5.51 Å². The molecule has 0 saturated carbocycles. The van der Waals surface area contributed by atoms with Crippen LogP contribution in [0.3, 0.4) is 0 Å². The lowest BCUT2D eigenvalue weighted by Gasteiger charge is -2.08. The van der Waals surface area contributed by atoms with Gasteiger partial charge in [0.05, 0.1) is 0 Å². The lowest BCUT2D eigenvalue weighted by atomic mass is 10.5. The number of nitrogens with zero attached hydrogens (tertiary/aromatic N) is 1. The van der Waals surface area contributed by atoms with Crippen LogP contribution in [0.4, 0.5) is 0 Å². The SMILES string of the molecule is COC(OC)c1cs[c]n1. The second-order valence-corrected chi connectivity index (χ2v) is 2.32. The fraction of sp³-hybridized carbons (Fsp3) is 0.500. The molecule has 4 heteroatoms. The average molecular weight is 158 g/mol. The highest BCUT2D eigenvalue weighted by molar-refractivity contribution is 7.07. The molecule has 0 atom stereocenters. The van der Waals surface area contributed by atoms with Gasteiger partial charge in [-0.05, 0) is 0 Å². The average Bonchev–Trinajstić information content (AvgIpc) is 2.43. The molecule has 1 rings (SSSR count). The van der Waals surface area contributed by atoms with E-state index in [1.165, 1.54) is 11.3 Å². The molecule has 0 N–H and O–H groups in total. The van der Waals surface area contributed by atoms with E-state index in [1.807, 2.05) is 5.38 Å². The van der Waals surface area contributed by atoms with Gasteiger partial charge in [-0.2, -0.15) is 0 Å². The van der Waals surface area contributed by atoms with Gasteiger partial charge in [0.25, 0.3) is 0 Å². The fourth-order valence-electron chi connectivity index (χ4n) is 0.638. The van der Waals surface area contributed by atoms with Gasteiger partial charge >= 0.3 is 0 Å². The summed E-state index contributed by atoms with van der Waals surface area (Å²) in [6.07, 6.45) is -0.345. The Balaban J connectivity index is 2.64. The van der Waals surface area contributed by atoms with E-state index in [2.05, 4.69) is 10.5 Å².